The second-order valence-electron chi connectivity index (χ2n) is 2.76. The summed E-state index contributed by atoms with van der Waals surface area (Å²) in [5, 5.41) is 0. The van der Waals surface area contributed by atoms with Gasteiger partial charge in [0, 0.05) is 11.8 Å². The molecule has 0 aromatic carbocycles. The van der Waals surface area contributed by atoms with E-state index in [-0.39, 0.29) is 23.6 Å². The maximum Gasteiger partial charge on any atom is 0.254 e. The van der Waals surface area contributed by atoms with E-state index >= 15 is 0 Å². The maximum absolute atomic E-state index is 11.4. The van der Waals surface area contributed by atoms with E-state index in [4.69, 9.17) is 40.5 Å². The number of hydrogen-bond donors (Lipinski definition) is 2. The molecule has 1 aromatic rings. The van der Waals surface area contributed by atoms with Crippen LogP contribution in [0.3, 0.4) is 0 Å². The van der Waals surface area contributed by atoms with Crippen molar-refractivity contribution in [3.63, 3.8) is 0 Å². The molecule has 82 valence electrons. The van der Waals surface area contributed by atoms with Gasteiger partial charge in [-0.2, -0.15) is 0 Å². The summed E-state index contributed by atoms with van der Waals surface area (Å²) >= 11 is 16.2. The van der Waals surface area contributed by atoms with Crippen LogP contribution in [0.5, 0.6) is 0 Å². The highest BCUT2D eigenvalue weighted by Crippen LogP contribution is 2.30. The zero-order valence-corrected chi connectivity index (χ0v) is 9.66. The summed E-state index contributed by atoms with van der Waals surface area (Å²) in [6.45, 7) is -0.140. The first-order chi connectivity index (χ1) is 6.86. The molecule has 1 rings (SSSR count). The van der Waals surface area contributed by atoms with Crippen LogP contribution in [0.25, 0.3) is 0 Å². The lowest BCUT2D eigenvalue weighted by molar-refractivity contribution is 0.0991. The second kappa shape index (κ2) is 4.53. The fourth-order valence-corrected chi connectivity index (χ4v) is 1.26. The number of H-pyrrole nitrogens is 1. The van der Waals surface area contributed by atoms with Gasteiger partial charge in [0.2, 0.25) is 5.78 Å². The molecule has 0 spiro atoms. The smallest absolute Gasteiger partial charge is 0.254 e. The van der Waals surface area contributed by atoms with Crippen LogP contribution < -0.4 is 5.73 Å². The van der Waals surface area contributed by atoms with Crippen molar-refractivity contribution in [1.82, 2.24) is 4.98 Å². The van der Waals surface area contributed by atoms with Gasteiger partial charge >= 0.3 is 0 Å². The van der Waals surface area contributed by atoms with Gasteiger partial charge in [-0.1, -0.05) is 34.8 Å². The SMILES string of the molecule is NCC(=O)c1c[nH]c(C(=O)C(Cl)(Cl)Cl)c1. The minimum absolute atomic E-state index is 0.0619. The summed E-state index contributed by atoms with van der Waals surface area (Å²) in [6, 6.07) is 1.30. The van der Waals surface area contributed by atoms with E-state index in [1.807, 2.05) is 0 Å². The van der Waals surface area contributed by atoms with Crippen molar-refractivity contribution in [2.75, 3.05) is 6.54 Å². The highest BCUT2D eigenvalue weighted by molar-refractivity contribution is 6.77. The normalized spacial score (nSPS) is 11.5. The largest absolute Gasteiger partial charge is 0.358 e. The number of Topliss-reactive ketones (excluding diaryl/α,β-unsaturated/α-hetero) is 2. The number of halogens is 3. The van der Waals surface area contributed by atoms with Crippen LogP contribution >= 0.6 is 34.8 Å². The fraction of sp³-hybridized carbons (Fsp3) is 0.250. The number of alkyl halides is 3. The molecular formula is C8H7Cl3N2O2. The molecule has 0 unspecified atom stereocenters. The number of rotatable bonds is 3. The minimum Gasteiger partial charge on any atom is -0.358 e. The number of carbonyl (C=O) groups is 2. The molecule has 0 saturated heterocycles. The van der Waals surface area contributed by atoms with E-state index in [1.54, 1.807) is 0 Å². The van der Waals surface area contributed by atoms with Crippen LogP contribution in [0.2, 0.25) is 0 Å². The summed E-state index contributed by atoms with van der Waals surface area (Å²) in [5.41, 5.74) is 5.50. The predicted octanol–water partition coefficient (Wildman–Crippen LogP) is 1.71. The Morgan fingerprint density at radius 3 is 2.47 bits per heavy atom. The van der Waals surface area contributed by atoms with Crippen molar-refractivity contribution < 1.29 is 9.59 Å². The molecule has 15 heavy (non-hydrogen) atoms. The highest BCUT2D eigenvalue weighted by Gasteiger charge is 2.32. The molecule has 0 bridgehead atoms. The Labute approximate surface area is 101 Å². The van der Waals surface area contributed by atoms with Gasteiger partial charge < -0.3 is 10.7 Å². The Morgan fingerprint density at radius 1 is 1.40 bits per heavy atom. The molecule has 0 amide bonds. The van der Waals surface area contributed by atoms with Crippen molar-refractivity contribution in [3.05, 3.63) is 23.5 Å². The van der Waals surface area contributed by atoms with Crippen LogP contribution in [-0.2, 0) is 0 Å². The van der Waals surface area contributed by atoms with Crippen molar-refractivity contribution in [2.45, 2.75) is 3.79 Å². The van der Waals surface area contributed by atoms with Gasteiger partial charge in [0.05, 0.1) is 12.2 Å². The topological polar surface area (TPSA) is 76.0 Å². The average Bonchev–Trinajstić information content (AvgIpc) is 2.62. The predicted molar refractivity (Wildman–Crippen MR) is 58.8 cm³/mol. The van der Waals surface area contributed by atoms with Gasteiger partial charge in [0.15, 0.2) is 5.78 Å². The summed E-state index contributed by atoms with van der Waals surface area (Å²) in [4.78, 5) is 25.1. The Balaban J connectivity index is 2.95. The lowest BCUT2D eigenvalue weighted by atomic mass is 10.2. The molecule has 1 aromatic heterocycles. The van der Waals surface area contributed by atoms with Gasteiger partial charge in [0.1, 0.15) is 0 Å². The first-order valence-electron chi connectivity index (χ1n) is 3.89. The van der Waals surface area contributed by atoms with Crippen molar-refractivity contribution in [3.8, 4) is 0 Å². The van der Waals surface area contributed by atoms with Gasteiger partial charge in [-0.15, -0.1) is 0 Å². The summed E-state index contributed by atoms with van der Waals surface area (Å²) in [6.07, 6.45) is 1.35. The Kier molecular flexibility index (Phi) is 3.78. The first kappa shape index (κ1) is 12.5. The number of aromatic amines is 1. The highest BCUT2D eigenvalue weighted by atomic mass is 35.6. The van der Waals surface area contributed by atoms with E-state index in [2.05, 4.69) is 4.98 Å². The van der Waals surface area contributed by atoms with Crippen LogP contribution in [0, 0.1) is 0 Å². The molecular weight excluding hydrogens is 262 g/mol. The quantitative estimate of drug-likeness (QED) is 0.648. The molecule has 1 heterocycles. The molecule has 0 saturated carbocycles. The molecule has 0 aliphatic heterocycles. The van der Waals surface area contributed by atoms with E-state index in [9.17, 15) is 9.59 Å². The van der Waals surface area contributed by atoms with Crippen LogP contribution in [0.4, 0.5) is 0 Å². The van der Waals surface area contributed by atoms with Gasteiger partial charge in [-0.3, -0.25) is 9.59 Å². The maximum atomic E-state index is 11.4. The molecule has 0 atom stereocenters. The Bertz CT molecular complexity index is 395. The Morgan fingerprint density at radius 2 is 2.00 bits per heavy atom. The standard InChI is InChI=1S/C8H7Cl3N2O2/c9-8(10,11)7(15)5-1-4(3-13-5)6(14)2-12/h1,3,13H,2,12H2. The number of nitrogens with one attached hydrogen (secondary N) is 1. The third-order valence-electron chi connectivity index (χ3n) is 1.69. The molecule has 4 nitrogen and oxygen atoms in total. The first-order valence-corrected chi connectivity index (χ1v) is 5.03. The van der Waals surface area contributed by atoms with E-state index < -0.39 is 9.58 Å². The number of ketones is 2. The van der Waals surface area contributed by atoms with Crippen LogP contribution in [0.15, 0.2) is 12.3 Å². The molecule has 0 fully saturated rings. The van der Waals surface area contributed by atoms with Crippen LogP contribution in [-0.4, -0.2) is 26.9 Å². The lowest BCUT2D eigenvalue weighted by Crippen LogP contribution is -2.19. The van der Waals surface area contributed by atoms with Gasteiger partial charge in [-0.25, -0.2) is 0 Å². The second-order valence-corrected chi connectivity index (χ2v) is 5.04. The number of hydrogen-bond acceptors (Lipinski definition) is 3. The summed E-state index contributed by atoms with van der Waals surface area (Å²) < 4.78 is -2.03. The third-order valence-corrected chi connectivity index (χ3v) is 2.21. The number of aromatic nitrogens is 1. The lowest BCUT2D eigenvalue weighted by Gasteiger charge is -2.06. The van der Waals surface area contributed by atoms with Crippen molar-refractivity contribution in [1.29, 1.82) is 0 Å². The average molecular weight is 270 g/mol. The molecule has 0 radical (unpaired) electrons. The fourth-order valence-electron chi connectivity index (χ4n) is 0.957. The Hall–Kier alpha value is -0.550. The molecule has 0 aliphatic rings. The zero-order chi connectivity index (χ0) is 11.6. The molecule has 0 aliphatic carbocycles. The monoisotopic (exact) mass is 268 g/mol. The summed E-state index contributed by atoms with van der Waals surface area (Å²) in [7, 11) is 0. The van der Waals surface area contributed by atoms with Crippen LogP contribution in [0.1, 0.15) is 20.8 Å². The van der Waals surface area contributed by atoms with E-state index in [0.717, 1.165) is 0 Å². The third kappa shape index (κ3) is 2.95. The van der Waals surface area contributed by atoms with Gasteiger partial charge in [-0.05, 0) is 6.07 Å². The van der Waals surface area contributed by atoms with Crippen molar-refractivity contribution in [2.24, 2.45) is 5.73 Å². The van der Waals surface area contributed by atoms with E-state index in [1.165, 1.54) is 12.3 Å². The van der Waals surface area contributed by atoms with Crippen molar-refractivity contribution >= 4 is 46.4 Å². The zero-order valence-electron chi connectivity index (χ0n) is 7.39. The molecule has 7 heteroatoms. The number of carbonyl (C=O) groups excluding carboxylic acids is 2. The minimum atomic E-state index is -2.03. The summed E-state index contributed by atoms with van der Waals surface area (Å²) in [5.74, 6) is -1.02. The number of nitrogens with two attached hydrogens (primary N) is 1. The molecule has 3 N–H and O–H groups in total. The van der Waals surface area contributed by atoms with E-state index in [0.29, 0.717) is 0 Å². The van der Waals surface area contributed by atoms with Gasteiger partial charge in [0.25, 0.3) is 3.79 Å².